The lowest BCUT2D eigenvalue weighted by molar-refractivity contribution is -0.139. The number of aryl methyl sites for hydroxylation is 1. The molecule has 1 aromatic rings. The van der Waals surface area contributed by atoms with Crippen molar-refractivity contribution in [3.8, 4) is 0 Å². The fourth-order valence-electron chi connectivity index (χ4n) is 2.36. The summed E-state index contributed by atoms with van der Waals surface area (Å²) in [4.78, 5) is 24.3. The molecule has 0 aromatic heterocycles. The molecule has 150 valence electrons. The summed E-state index contributed by atoms with van der Waals surface area (Å²) in [6.45, 7) is 5.86. The zero-order valence-corrected chi connectivity index (χ0v) is 17.1. The van der Waals surface area contributed by atoms with Crippen molar-refractivity contribution < 1.29 is 22.7 Å². The molecular formula is C20H29NO5S. The van der Waals surface area contributed by atoms with E-state index in [1.165, 1.54) is 12.1 Å². The van der Waals surface area contributed by atoms with Crippen LogP contribution in [0.25, 0.3) is 0 Å². The zero-order valence-electron chi connectivity index (χ0n) is 16.3. The molecule has 0 bridgehead atoms. The van der Waals surface area contributed by atoms with Gasteiger partial charge in [-0.05, 0) is 38.8 Å². The number of allylic oxidation sites excluding steroid dienone is 1. The number of amides is 1. The zero-order chi connectivity index (χ0) is 20.3. The van der Waals surface area contributed by atoms with Gasteiger partial charge in [0.05, 0.1) is 17.9 Å². The highest BCUT2D eigenvalue weighted by molar-refractivity contribution is 7.91. The fourth-order valence-corrected chi connectivity index (χ4v) is 3.43. The molecule has 27 heavy (non-hydrogen) atoms. The summed E-state index contributed by atoms with van der Waals surface area (Å²) in [5, 5.41) is 2.39. The molecule has 0 radical (unpaired) electrons. The summed E-state index contributed by atoms with van der Waals surface area (Å²) in [6, 6.07) is 6.42. The van der Waals surface area contributed by atoms with E-state index < -0.39 is 27.6 Å². The van der Waals surface area contributed by atoms with Gasteiger partial charge in [0, 0.05) is 5.57 Å². The van der Waals surface area contributed by atoms with E-state index in [-0.39, 0.29) is 23.5 Å². The normalized spacial score (nSPS) is 11.9. The first-order valence-corrected chi connectivity index (χ1v) is 10.9. The van der Waals surface area contributed by atoms with Gasteiger partial charge in [0.1, 0.15) is 5.88 Å². The van der Waals surface area contributed by atoms with Crippen LogP contribution >= 0.6 is 0 Å². The maximum Gasteiger partial charge on any atom is 0.334 e. The monoisotopic (exact) mass is 395 g/mol. The number of benzene rings is 1. The van der Waals surface area contributed by atoms with Crippen LogP contribution in [-0.2, 0) is 24.2 Å². The van der Waals surface area contributed by atoms with E-state index in [1.54, 1.807) is 25.1 Å². The quantitative estimate of drug-likeness (QED) is 0.353. The summed E-state index contributed by atoms with van der Waals surface area (Å²) in [5.74, 6) is -1.58. The molecule has 0 atom stereocenters. The fraction of sp³-hybridized carbons (Fsp3) is 0.500. The molecule has 0 saturated heterocycles. The van der Waals surface area contributed by atoms with Crippen LogP contribution in [0.5, 0.6) is 0 Å². The number of rotatable bonds is 11. The van der Waals surface area contributed by atoms with E-state index >= 15 is 0 Å². The Balaban J connectivity index is 2.69. The molecule has 0 heterocycles. The third kappa shape index (κ3) is 8.39. The second kappa shape index (κ2) is 11.5. The predicted molar refractivity (Wildman–Crippen MR) is 105 cm³/mol. The molecule has 0 aliphatic rings. The molecule has 0 saturated carbocycles. The van der Waals surface area contributed by atoms with E-state index in [1.807, 2.05) is 6.92 Å². The van der Waals surface area contributed by atoms with Crippen LogP contribution in [-0.4, -0.2) is 32.8 Å². The minimum absolute atomic E-state index is 0.147. The van der Waals surface area contributed by atoms with Gasteiger partial charge in [0.2, 0.25) is 5.91 Å². The summed E-state index contributed by atoms with van der Waals surface area (Å²) in [5.41, 5.74) is 1.21. The second-order valence-electron chi connectivity index (χ2n) is 6.29. The lowest BCUT2D eigenvalue weighted by Crippen LogP contribution is -2.30. The third-order valence-electron chi connectivity index (χ3n) is 3.93. The van der Waals surface area contributed by atoms with Crippen LogP contribution in [0.3, 0.4) is 0 Å². The number of carbonyl (C=O) groups excluding carboxylic acids is 2. The Labute approximate surface area is 161 Å². The number of hydrogen-bond donors (Lipinski definition) is 1. The Kier molecular flexibility index (Phi) is 9.78. The molecule has 1 N–H and O–H groups in total. The van der Waals surface area contributed by atoms with Crippen molar-refractivity contribution >= 4 is 21.7 Å². The van der Waals surface area contributed by atoms with Gasteiger partial charge in [0.25, 0.3) is 0 Å². The van der Waals surface area contributed by atoms with Crippen LogP contribution in [0.1, 0.15) is 51.5 Å². The molecule has 0 aliphatic heterocycles. The SMILES string of the molecule is CCCCC/C=C(\CC(=O)NCS(=O)(=O)c1ccc(C)cc1)C(=O)OCC. The van der Waals surface area contributed by atoms with Crippen LogP contribution in [0.4, 0.5) is 0 Å². The summed E-state index contributed by atoms with van der Waals surface area (Å²) in [7, 11) is -3.63. The lowest BCUT2D eigenvalue weighted by Gasteiger charge is -2.09. The highest BCUT2D eigenvalue weighted by atomic mass is 32.2. The Bertz CT molecular complexity index is 751. The van der Waals surface area contributed by atoms with Crippen LogP contribution in [0.2, 0.25) is 0 Å². The van der Waals surface area contributed by atoms with Crippen molar-refractivity contribution in [2.75, 3.05) is 12.5 Å². The predicted octanol–water partition coefficient (Wildman–Crippen LogP) is 3.30. The highest BCUT2D eigenvalue weighted by Crippen LogP contribution is 2.12. The Morgan fingerprint density at radius 3 is 2.37 bits per heavy atom. The number of unbranched alkanes of at least 4 members (excludes halogenated alkanes) is 3. The first-order chi connectivity index (χ1) is 12.8. The highest BCUT2D eigenvalue weighted by Gasteiger charge is 2.18. The van der Waals surface area contributed by atoms with Gasteiger partial charge in [-0.3, -0.25) is 4.79 Å². The van der Waals surface area contributed by atoms with Gasteiger partial charge in [-0.1, -0.05) is 43.5 Å². The van der Waals surface area contributed by atoms with E-state index in [0.29, 0.717) is 6.42 Å². The second-order valence-corrected chi connectivity index (χ2v) is 8.28. The molecule has 0 spiro atoms. The number of ether oxygens (including phenoxy) is 1. The minimum atomic E-state index is -3.63. The average Bonchev–Trinajstić information content (AvgIpc) is 2.63. The molecule has 7 heteroatoms. The molecule has 0 aliphatic carbocycles. The van der Waals surface area contributed by atoms with Gasteiger partial charge in [-0.25, -0.2) is 13.2 Å². The Morgan fingerprint density at radius 2 is 1.78 bits per heavy atom. The molecule has 0 unspecified atom stereocenters. The number of esters is 1. The first kappa shape index (κ1) is 22.9. The van der Waals surface area contributed by atoms with E-state index in [9.17, 15) is 18.0 Å². The topological polar surface area (TPSA) is 89.5 Å². The molecule has 1 aromatic carbocycles. The van der Waals surface area contributed by atoms with Gasteiger partial charge >= 0.3 is 5.97 Å². The van der Waals surface area contributed by atoms with Crippen molar-refractivity contribution in [1.29, 1.82) is 0 Å². The average molecular weight is 396 g/mol. The van der Waals surface area contributed by atoms with Crippen molar-refractivity contribution in [3.63, 3.8) is 0 Å². The summed E-state index contributed by atoms with van der Waals surface area (Å²) >= 11 is 0. The van der Waals surface area contributed by atoms with Gasteiger partial charge in [-0.2, -0.15) is 0 Å². The molecule has 0 fully saturated rings. The maximum atomic E-state index is 12.3. The van der Waals surface area contributed by atoms with Gasteiger partial charge in [0.15, 0.2) is 9.84 Å². The van der Waals surface area contributed by atoms with Crippen LogP contribution in [0.15, 0.2) is 40.8 Å². The van der Waals surface area contributed by atoms with Crippen molar-refractivity contribution in [1.82, 2.24) is 5.32 Å². The molecule has 1 amide bonds. The van der Waals surface area contributed by atoms with Crippen LogP contribution < -0.4 is 5.32 Å². The molecule has 6 nitrogen and oxygen atoms in total. The number of carbonyl (C=O) groups is 2. The summed E-state index contributed by atoms with van der Waals surface area (Å²) < 4.78 is 29.6. The number of nitrogens with one attached hydrogen (secondary N) is 1. The first-order valence-electron chi connectivity index (χ1n) is 9.22. The third-order valence-corrected chi connectivity index (χ3v) is 5.44. The maximum absolute atomic E-state index is 12.3. The number of hydrogen-bond acceptors (Lipinski definition) is 5. The van der Waals surface area contributed by atoms with E-state index in [0.717, 1.165) is 24.8 Å². The van der Waals surface area contributed by atoms with Gasteiger partial charge in [-0.15, -0.1) is 0 Å². The van der Waals surface area contributed by atoms with Crippen LogP contribution in [0, 0.1) is 6.92 Å². The standard InChI is InChI=1S/C20H29NO5S/c1-4-6-7-8-9-17(20(23)26-5-2)14-19(22)21-15-27(24,25)18-12-10-16(3)11-13-18/h9-13H,4-8,14-15H2,1-3H3,(H,21,22)/b17-9+. The largest absolute Gasteiger partial charge is 0.463 e. The van der Waals surface area contributed by atoms with Crippen molar-refractivity contribution in [2.45, 2.75) is 57.8 Å². The molecular weight excluding hydrogens is 366 g/mol. The van der Waals surface area contributed by atoms with Gasteiger partial charge < -0.3 is 10.1 Å². The lowest BCUT2D eigenvalue weighted by atomic mass is 10.1. The Hall–Kier alpha value is -2.15. The minimum Gasteiger partial charge on any atom is -0.463 e. The Morgan fingerprint density at radius 1 is 1.11 bits per heavy atom. The van der Waals surface area contributed by atoms with Crippen molar-refractivity contribution in [2.24, 2.45) is 0 Å². The van der Waals surface area contributed by atoms with Crippen molar-refractivity contribution in [3.05, 3.63) is 41.5 Å². The number of sulfone groups is 1. The summed E-state index contributed by atoms with van der Waals surface area (Å²) in [6.07, 6.45) is 5.20. The smallest absolute Gasteiger partial charge is 0.334 e. The van der Waals surface area contributed by atoms with E-state index in [2.05, 4.69) is 12.2 Å². The van der Waals surface area contributed by atoms with E-state index in [4.69, 9.17) is 4.74 Å². The molecule has 1 rings (SSSR count).